The summed E-state index contributed by atoms with van der Waals surface area (Å²) in [5.74, 6) is 0.903. The minimum absolute atomic E-state index is 0. The first kappa shape index (κ1) is 39.3. The first-order valence-corrected chi connectivity index (χ1v) is 10.7. The fourth-order valence-electron chi connectivity index (χ4n) is 1.55. The average Bonchev–Trinajstić information content (AvgIpc) is 2.68. The molecule has 0 heterocycles. The highest BCUT2D eigenvalue weighted by molar-refractivity contribution is 5.14. The van der Waals surface area contributed by atoms with Gasteiger partial charge >= 0.3 is 0 Å². The predicted octanol–water partition coefficient (Wildman–Crippen LogP) is 10.2. The number of unbranched alkanes of at least 4 members (excludes halogenated alkanes) is 1. The number of rotatable bonds is 5. The van der Waals surface area contributed by atoms with Gasteiger partial charge in [0, 0.05) is 0 Å². The molecule has 1 aromatic carbocycles. The molecule has 0 unspecified atom stereocenters. The fourth-order valence-corrected chi connectivity index (χ4v) is 1.55. The van der Waals surface area contributed by atoms with Crippen LogP contribution in [0.3, 0.4) is 0 Å². The van der Waals surface area contributed by atoms with Gasteiger partial charge in [-0.2, -0.15) is 0 Å². The molecule has 0 atom stereocenters. The molecule has 0 aliphatic heterocycles. The van der Waals surface area contributed by atoms with Crippen molar-refractivity contribution in [3.05, 3.63) is 35.9 Å². The quantitative estimate of drug-likeness (QED) is 0.492. The van der Waals surface area contributed by atoms with Crippen LogP contribution in [0.4, 0.5) is 0 Å². The van der Waals surface area contributed by atoms with Gasteiger partial charge in [0.25, 0.3) is 0 Å². The Kier molecular flexibility index (Phi) is 77.9. The second kappa shape index (κ2) is 49.5. The lowest BCUT2D eigenvalue weighted by Crippen LogP contribution is -1.83. The summed E-state index contributed by atoms with van der Waals surface area (Å²) in [6, 6.07) is 10.6. The Balaban J connectivity index is -0.0000000508. The zero-order valence-corrected chi connectivity index (χ0v) is 19.5. The lowest BCUT2D eigenvalue weighted by Gasteiger charge is -1.98. The van der Waals surface area contributed by atoms with Crippen LogP contribution in [0.25, 0.3) is 0 Å². The third-order valence-corrected chi connectivity index (χ3v) is 2.52. The van der Waals surface area contributed by atoms with E-state index in [4.69, 9.17) is 0 Å². The lowest BCUT2D eigenvalue weighted by atomic mass is 10.1. The second-order valence-electron chi connectivity index (χ2n) is 4.77. The first-order valence-electron chi connectivity index (χ1n) is 10.7. The minimum Gasteiger partial charge on any atom is -0.0776 e. The summed E-state index contributed by atoms with van der Waals surface area (Å²) >= 11 is 0. The predicted molar refractivity (Wildman–Crippen MR) is 127 cm³/mol. The van der Waals surface area contributed by atoms with Crippen LogP contribution in [0, 0.1) is 5.92 Å². The molecule has 0 nitrogen and oxygen atoms in total. The van der Waals surface area contributed by atoms with Gasteiger partial charge in [-0.05, 0) is 17.9 Å². The Hall–Kier alpha value is -0.780. The van der Waals surface area contributed by atoms with Gasteiger partial charge in [0.05, 0.1) is 0 Å². The molecule has 0 saturated heterocycles. The van der Waals surface area contributed by atoms with E-state index in [0.717, 1.165) is 5.92 Å². The molecular formula is C25H56. The van der Waals surface area contributed by atoms with E-state index in [1.54, 1.807) is 0 Å². The Morgan fingerprint density at radius 2 is 1.08 bits per heavy atom. The van der Waals surface area contributed by atoms with Crippen molar-refractivity contribution in [3.63, 3.8) is 0 Å². The Morgan fingerprint density at radius 3 is 1.32 bits per heavy atom. The van der Waals surface area contributed by atoms with E-state index in [1.807, 2.05) is 55.4 Å². The van der Waals surface area contributed by atoms with E-state index in [0.29, 0.717) is 0 Å². The molecule has 0 fully saturated rings. The molecule has 0 spiro atoms. The zero-order valence-electron chi connectivity index (χ0n) is 19.5. The molecule has 0 bridgehead atoms. The van der Waals surface area contributed by atoms with Gasteiger partial charge in [-0.25, -0.2) is 0 Å². The van der Waals surface area contributed by atoms with Crippen LogP contribution >= 0.6 is 0 Å². The SMILES string of the molecule is C.CC.CC.CC.CC.CCCCC(C)C.CCCc1ccccc1. The van der Waals surface area contributed by atoms with Crippen LogP contribution in [0.15, 0.2) is 30.3 Å². The zero-order chi connectivity index (χ0) is 20.2. The van der Waals surface area contributed by atoms with Crippen molar-refractivity contribution in [2.24, 2.45) is 5.92 Å². The number of hydrogen-bond donors (Lipinski definition) is 0. The van der Waals surface area contributed by atoms with Gasteiger partial charge < -0.3 is 0 Å². The number of hydrogen-bond acceptors (Lipinski definition) is 0. The van der Waals surface area contributed by atoms with Crippen LogP contribution in [-0.4, -0.2) is 0 Å². The van der Waals surface area contributed by atoms with Gasteiger partial charge in [-0.1, -0.05) is 147 Å². The Morgan fingerprint density at radius 1 is 0.680 bits per heavy atom. The average molecular weight is 357 g/mol. The highest BCUT2D eigenvalue weighted by atomic mass is 13.9. The van der Waals surface area contributed by atoms with E-state index >= 15 is 0 Å². The van der Waals surface area contributed by atoms with E-state index in [-0.39, 0.29) is 7.43 Å². The third kappa shape index (κ3) is 51.7. The Bertz CT molecular complexity index is 223. The van der Waals surface area contributed by atoms with Gasteiger partial charge in [-0.15, -0.1) is 0 Å². The molecule has 0 amide bonds. The molecule has 0 aliphatic rings. The monoisotopic (exact) mass is 356 g/mol. The van der Waals surface area contributed by atoms with E-state index < -0.39 is 0 Å². The van der Waals surface area contributed by atoms with E-state index in [9.17, 15) is 0 Å². The van der Waals surface area contributed by atoms with Crippen molar-refractivity contribution >= 4 is 0 Å². The molecular weight excluding hydrogens is 300 g/mol. The molecule has 156 valence electrons. The van der Waals surface area contributed by atoms with Crippen molar-refractivity contribution in [1.29, 1.82) is 0 Å². The minimum atomic E-state index is 0. The standard InChI is InChI=1S/C9H12.C7H16.4C2H6.CH4/c1-2-6-9-7-4-3-5-8-9;1-4-5-6-7(2)3;4*1-2;/h3-5,7-8H,2,6H2,1H3;7H,4-6H2,1-3H3;4*1-2H3;1H4. The first-order chi connectivity index (χ1) is 11.7. The van der Waals surface area contributed by atoms with Crippen LogP contribution in [0.2, 0.25) is 0 Å². The molecule has 0 aliphatic carbocycles. The normalized spacial score (nSPS) is 7.24. The molecule has 0 aromatic heterocycles. The molecule has 0 radical (unpaired) electrons. The van der Waals surface area contributed by atoms with Crippen LogP contribution < -0.4 is 0 Å². The van der Waals surface area contributed by atoms with E-state index in [2.05, 4.69) is 58.0 Å². The molecule has 0 saturated carbocycles. The molecule has 0 heteroatoms. The summed E-state index contributed by atoms with van der Waals surface area (Å²) in [6.07, 6.45) is 6.59. The maximum Gasteiger partial charge on any atom is -0.0281 e. The van der Waals surface area contributed by atoms with Crippen molar-refractivity contribution < 1.29 is 0 Å². The number of aryl methyl sites for hydroxylation is 1. The van der Waals surface area contributed by atoms with Gasteiger partial charge in [0.1, 0.15) is 0 Å². The summed E-state index contributed by atoms with van der Waals surface area (Å²) in [7, 11) is 0. The van der Waals surface area contributed by atoms with Crippen LogP contribution in [0.1, 0.15) is 122 Å². The van der Waals surface area contributed by atoms with Crippen molar-refractivity contribution in [2.45, 2.75) is 123 Å². The maximum atomic E-state index is 2.27. The lowest BCUT2D eigenvalue weighted by molar-refractivity contribution is 0.550. The van der Waals surface area contributed by atoms with Gasteiger partial charge in [0.15, 0.2) is 0 Å². The smallest absolute Gasteiger partial charge is 0.0281 e. The highest BCUT2D eigenvalue weighted by Crippen LogP contribution is 2.04. The summed E-state index contributed by atoms with van der Waals surface area (Å²) in [5.41, 5.74) is 1.44. The molecule has 0 N–H and O–H groups in total. The molecule has 25 heavy (non-hydrogen) atoms. The maximum absolute atomic E-state index is 2.27. The van der Waals surface area contributed by atoms with Crippen molar-refractivity contribution in [2.75, 3.05) is 0 Å². The topological polar surface area (TPSA) is 0 Å². The molecule has 1 rings (SSSR count). The third-order valence-electron chi connectivity index (χ3n) is 2.52. The van der Waals surface area contributed by atoms with Crippen LogP contribution in [0.5, 0.6) is 0 Å². The van der Waals surface area contributed by atoms with Crippen molar-refractivity contribution in [3.8, 4) is 0 Å². The summed E-state index contributed by atoms with van der Waals surface area (Å²) in [4.78, 5) is 0. The molecule has 1 aromatic rings. The summed E-state index contributed by atoms with van der Waals surface area (Å²) in [5, 5.41) is 0. The Labute approximate surface area is 164 Å². The largest absolute Gasteiger partial charge is 0.0776 e. The highest BCUT2D eigenvalue weighted by Gasteiger charge is 1.88. The second-order valence-corrected chi connectivity index (χ2v) is 4.77. The number of benzene rings is 1. The summed E-state index contributed by atoms with van der Waals surface area (Å²) in [6.45, 7) is 25.0. The van der Waals surface area contributed by atoms with Crippen LogP contribution in [-0.2, 0) is 6.42 Å². The fraction of sp³-hybridized carbons (Fsp3) is 0.760. The van der Waals surface area contributed by atoms with Gasteiger partial charge in [-0.3, -0.25) is 0 Å². The van der Waals surface area contributed by atoms with Crippen molar-refractivity contribution in [1.82, 2.24) is 0 Å². The van der Waals surface area contributed by atoms with Gasteiger partial charge in [0.2, 0.25) is 0 Å². The van der Waals surface area contributed by atoms with E-state index in [1.165, 1.54) is 37.7 Å². The summed E-state index contributed by atoms with van der Waals surface area (Å²) < 4.78 is 0.